The Hall–Kier alpha value is -2.61. The molecule has 0 radical (unpaired) electrons. The molecule has 1 unspecified atom stereocenters. The van der Waals surface area contributed by atoms with Crippen LogP contribution in [0.15, 0.2) is 4.99 Å². The Kier molecular flexibility index (Phi) is 6.42. The smallest absolute Gasteiger partial charge is 0.412 e. The number of aryl methyl sites for hydroxylation is 1. The van der Waals surface area contributed by atoms with Crippen LogP contribution in [-0.4, -0.2) is 63.5 Å². The number of anilines is 1. The minimum Gasteiger partial charge on any atom is -0.450 e. The van der Waals surface area contributed by atoms with E-state index in [2.05, 4.69) is 26.2 Å². The highest BCUT2D eigenvalue weighted by atomic mass is 19.1. The molecule has 0 saturated carbocycles. The van der Waals surface area contributed by atoms with Gasteiger partial charge in [0, 0.05) is 12.6 Å². The minimum atomic E-state index is -1.39. The Morgan fingerprint density at radius 1 is 1.55 bits per heavy atom. The maximum absolute atomic E-state index is 13.8. The summed E-state index contributed by atoms with van der Waals surface area (Å²) in [6, 6.07) is 0. The van der Waals surface area contributed by atoms with E-state index in [1.807, 2.05) is 0 Å². The maximum Gasteiger partial charge on any atom is 0.412 e. The molecule has 3 rings (SSSR count). The van der Waals surface area contributed by atoms with Crippen LogP contribution >= 0.6 is 0 Å². The van der Waals surface area contributed by atoms with Crippen LogP contribution in [0.2, 0.25) is 0 Å². The topological polar surface area (TPSA) is 126 Å². The predicted octanol–water partition coefficient (Wildman–Crippen LogP) is 1.35. The molecule has 156 valence electrons. The molecule has 10 heteroatoms. The first-order valence-electron chi connectivity index (χ1n) is 9.39. The fraction of sp³-hybridized carbons (Fsp3) is 0.579. The number of nitrogens with one attached hydrogen (secondary N) is 1. The number of carbonyl (C=O) groups is 1. The van der Waals surface area contributed by atoms with Gasteiger partial charge in [-0.25, -0.2) is 9.78 Å². The van der Waals surface area contributed by atoms with Gasteiger partial charge in [-0.15, -0.1) is 6.42 Å². The Morgan fingerprint density at radius 3 is 3.00 bits per heavy atom. The summed E-state index contributed by atoms with van der Waals surface area (Å²) in [6.07, 6.45) is 5.88. The van der Waals surface area contributed by atoms with Crippen LogP contribution in [0.1, 0.15) is 31.9 Å². The summed E-state index contributed by atoms with van der Waals surface area (Å²) >= 11 is 0. The minimum absolute atomic E-state index is 0.0537. The van der Waals surface area contributed by atoms with Crippen molar-refractivity contribution < 1.29 is 28.9 Å². The standard InChI is InChI=1S/C19H23FN4O5/c1-3-19(10-25)14(26)8-12(29-19)7-11-5-6-13-15(21-9-11)16(23-17(20)22-13)24-18(27)28-4-2/h1,9,11-12,14,25-26H,4-8,10H2,2H3,(H,22,23,24,27)/t11?,12-,14-,19+/m0/s1. The maximum atomic E-state index is 13.8. The van der Waals surface area contributed by atoms with Gasteiger partial charge in [-0.3, -0.25) is 10.3 Å². The molecule has 1 aromatic rings. The SMILES string of the molecule is C#C[C@]1(CO)O[C@@H](CC2C=Nc3c(nc(F)nc3NC(=O)OCC)CC2)C[C@@H]1O. The second-order valence-corrected chi connectivity index (χ2v) is 6.98. The lowest BCUT2D eigenvalue weighted by atomic mass is 9.93. The first-order valence-corrected chi connectivity index (χ1v) is 9.39. The van der Waals surface area contributed by atoms with E-state index in [1.54, 1.807) is 13.1 Å². The fourth-order valence-corrected chi connectivity index (χ4v) is 3.55. The Labute approximate surface area is 167 Å². The molecule has 0 bridgehead atoms. The lowest BCUT2D eigenvalue weighted by molar-refractivity contribution is -0.0740. The third-order valence-electron chi connectivity index (χ3n) is 5.04. The van der Waals surface area contributed by atoms with Crippen molar-refractivity contribution in [2.24, 2.45) is 10.9 Å². The van der Waals surface area contributed by atoms with Crippen molar-refractivity contribution in [3.8, 4) is 12.3 Å². The number of amides is 1. The third-order valence-corrected chi connectivity index (χ3v) is 5.04. The van der Waals surface area contributed by atoms with Gasteiger partial charge in [0.05, 0.1) is 31.1 Å². The number of hydrogen-bond donors (Lipinski definition) is 3. The fourth-order valence-electron chi connectivity index (χ4n) is 3.55. The van der Waals surface area contributed by atoms with Crippen LogP contribution in [0.5, 0.6) is 0 Å². The average molecular weight is 406 g/mol. The monoisotopic (exact) mass is 406 g/mol. The molecule has 2 aliphatic rings. The van der Waals surface area contributed by atoms with Gasteiger partial charge in [-0.1, -0.05) is 5.92 Å². The molecule has 1 aromatic heterocycles. The number of nitrogens with zero attached hydrogens (tertiary/aromatic N) is 3. The number of aliphatic imine (C=N–C) groups is 1. The van der Waals surface area contributed by atoms with Gasteiger partial charge in [0.15, 0.2) is 11.4 Å². The van der Waals surface area contributed by atoms with Gasteiger partial charge in [-0.2, -0.15) is 9.37 Å². The van der Waals surface area contributed by atoms with E-state index in [9.17, 15) is 19.4 Å². The summed E-state index contributed by atoms with van der Waals surface area (Å²) < 4.78 is 24.3. The molecule has 0 spiro atoms. The number of hydrogen-bond acceptors (Lipinski definition) is 8. The lowest BCUT2D eigenvalue weighted by Gasteiger charge is -2.24. The predicted molar refractivity (Wildman–Crippen MR) is 101 cm³/mol. The number of aliphatic hydroxyl groups excluding tert-OH is 2. The van der Waals surface area contributed by atoms with E-state index in [1.165, 1.54) is 0 Å². The Balaban J connectivity index is 1.74. The average Bonchev–Trinajstić information content (AvgIpc) is 2.85. The second-order valence-electron chi connectivity index (χ2n) is 6.98. The van der Waals surface area contributed by atoms with Gasteiger partial charge in [0.2, 0.25) is 0 Å². The lowest BCUT2D eigenvalue weighted by Crippen LogP contribution is -2.41. The highest BCUT2D eigenvalue weighted by Gasteiger charge is 2.46. The van der Waals surface area contributed by atoms with Crippen LogP contribution in [0, 0.1) is 24.3 Å². The molecule has 1 amide bonds. The number of aromatic nitrogens is 2. The summed E-state index contributed by atoms with van der Waals surface area (Å²) in [5, 5.41) is 22.0. The highest BCUT2D eigenvalue weighted by Crippen LogP contribution is 2.36. The summed E-state index contributed by atoms with van der Waals surface area (Å²) in [7, 11) is 0. The van der Waals surface area contributed by atoms with E-state index in [-0.39, 0.29) is 30.1 Å². The van der Waals surface area contributed by atoms with Crippen molar-refractivity contribution >= 4 is 23.8 Å². The van der Waals surface area contributed by atoms with E-state index < -0.39 is 30.5 Å². The third kappa shape index (κ3) is 4.53. The van der Waals surface area contributed by atoms with Crippen molar-refractivity contribution in [2.75, 3.05) is 18.5 Å². The highest BCUT2D eigenvalue weighted by molar-refractivity contribution is 5.88. The molecule has 0 aliphatic carbocycles. The number of halogens is 1. The molecule has 4 atom stereocenters. The quantitative estimate of drug-likeness (QED) is 0.498. The largest absolute Gasteiger partial charge is 0.450 e. The summed E-state index contributed by atoms with van der Waals surface area (Å²) in [6.45, 7) is 1.34. The molecule has 0 aromatic carbocycles. The molecule has 1 saturated heterocycles. The normalized spacial score (nSPS) is 28.3. The molecule has 1 fully saturated rings. The van der Waals surface area contributed by atoms with E-state index in [4.69, 9.17) is 15.9 Å². The van der Waals surface area contributed by atoms with Gasteiger partial charge in [0.25, 0.3) is 0 Å². The molecule has 9 nitrogen and oxygen atoms in total. The number of aliphatic hydroxyl groups is 2. The van der Waals surface area contributed by atoms with Crippen molar-refractivity contribution in [2.45, 2.75) is 50.4 Å². The summed E-state index contributed by atoms with van der Waals surface area (Å²) in [4.78, 5) is 23.5. The molecular formula is C19H23FN4O5. The molecular weight excluding hydrogens is 383 g/mol. The van der Waals surface area contributed by atoms with Gasteiger partial charge in [-0.05, 0) is 32.1 Å². The molecule has 29 heavy (non-hydrogen) atoms. The van der Waals surface area contributed by atoms with Crippen LogP contribution in [0.25, 0.3) is 0 Å². The number of ether oxygens (including phenoxy) is 2. The van der Waals surface area contributed by atoms with Crippen molar-refractivity contribution in [1.29, 1.82) is 0 Å². The Bertz CT molecular complexity index is 843. The zero-order valence-electron chi connectivity index (χ0n) is 16.0. The first kappa shape index (κ1) is 21.1. The van der Waals surface area contributed by atoms with Crippen LogP contribution < -0.4 is 5.32 Å². The molecule has 3 N–H and O–H groups in total. The first-order chi connectivity index (χ1) is 13.9. The van der Waals surface area contributed by atoms with E-state index in [0.717, 1.165) is 0 Å². The molecule has 3 heterocycles. The zero-order valence-corrected chi connectivity index (χ0v) is 16.0. The van der Waals surface area contributed by atoms with Gasteiger partial charge < -0.3 is 19.7 Å². The molecule has 2 aliphatic heterocycles. The second kappa shape index (κ2) is 8.82. The van der Waals surface area contributed by atoms with Crippen molar-refractivity contribution in [1.82, 2.24) is 9.97 Å². The van der Waals surface area contributed by atoms with Crippen molar-refractivity contribution in [3.63, 3.8) is 0 Å². The van der Waals surface area contributed by atoms with Crippen molar-refractivity contribution in [3.05, 3.63) is 11.8 Å². The number of terminal acetylenes is 1. The van der Waals surface area contributed by atoms with Crippen LogP contribution in [-0.2, 0) is 15.9 Å². The number of rotatable bonds is 5. The van der Waals surface area contributed by atoms with Gasteiger partial charge in [0.1, 0.15) is 5.69 Å². The summed E-state index contributed by atoms with van der Waals surface area (Å²) in [5.74, 6) is 2.23. The van der Waals surface area contributed by atoms with E-state index >= 15 is 0 Å². The number of carbonyl (C=O) groups excluding carboxylic acids is 1. The van der Waals surface area contributed by atoms with E-state index in [0.29, 0.717) is 31.4 Å². The number of fused-ring (bicyclic) bond motifs is 1. The zero-order chi connectivity index (χ0) is 21.0. The Morgan fingerprint density at radius 2 is 2.34 bits per heavy atom. The van der Waals surface area contributed by atoms with Gasteiger partial charge >= 0.3 is 12.2 Å². The summed E-state index contributed by atoms with van der Waals surface area (Å²) in [5.41, 5.74) is -0.729. The van der Waals surface area contributed by atoms with Crippen LogP contribution in [0.4, 0.5) is 20.7 Å². The van der Waals surface area contributed by atoms with Crippen LogP contribution in [0.3, 0.4) is 0 Å².